The number of hydrogen-bond acceptors (Lipinski definition) is 8. The Morgan fingerprint density at radius 3 is 2.87 bits per heavy atom. The van der Waals surface area contributed by atoms with Gasteiger partial charge in [-0.25, -0.2) is 9.78 Å². The Kier molecular flexibility index (Phi) is 5.39. The minimum absolute atomic E-state index is 0.0724. The zero-order valence-corrected chi connectivity index (χ0v) is 17.3. The van der Waals surface area contributed by atoms with Crippen molar-refractivity contribution in [3.8, 4) is 17.1 Å². The number of H-pyrrole nitrogens is 2. The number of ketones is 1. The van der Waals surface area contributed by atoms with Crippen LogP contribution in [0.25, 0.3) is 11.4 Å². The molecule has 1 aromatic carbocycles. The maximum atomic E-state index is 12.6. The van der Waals surface area contributed by atoms with Gasteiger partial charge in [-0.2, -0.15) is 0 Å². The smallest absolute Gasteiger partial charge is 0.330 e. The lowest BCUT2D eigenvalue weighted by Gasteiger charge is -2.10. The van der Waals surface area contributed by atoms with Crippen LogP contribution >= 0.6 is 23.4 Å². The van der Waals surface area contributed by atoms with Gasteiger partial charge in [-0.15, -0.1) is 5.10 Å². The Labute approximate surface area is 178 Å². The van der Waals surface area contributed by atoms with Crippen LogP contribution in [-0.2, 0) is 0 Å². The van der Waals surface area contributed by atoms with E-state index in [9.17, 15) is 14.4 Å². The fourth-order valence-electron chi connectivity index (χ4n) is 3.03. The first-order chi connectivity index (χ1) is 14.4. The molecule has 0 spiro atoms. The fourth-order valence-corrected chi connectivity index (χ4v) is 3.87. The van der Waals surface area contributed by atoms with Gasteiger partial charge >= 0.3 is 5.69 Å². The normalized spacial score (nSPS) is 13.4. The topological polar surface area (TPSA) is 149 Å². The molecule has 1 fully saturated rings. The molecule has 0 atom stereocenters. The molecule has 1 aliphatic rings. The lowest BCUT2D eigenvalue weighted by molar-refractivity contribution is 0.102. The zero-order valence-electron chi connectivity index (χ0n) is 15.8. The predicted molar refractivity (Wildman–Crippen MR) is 112 cm³/mol. The van der Waals surface area contributed by atoms with Gasteiger partial charge in [-0.05, 0) is 31.0 Å². The Balaban J connectivity index is 1.54. The molecule has 3 aromatic rings. The van der Waals surface area contributed by atoms with E-state index < -0.39 is 17.0 Å². The van der Waals surface area contributed by atoms with E-state index in [0.717, 1.165) is 24.6 Å². The second kappa shape index (κ2) is 8.00. The van der Waals surface area contributed by atoms with Gasteiger partial charge in [-0.1, -0.05) is 23.4 Å². The number of nitrogens with zero attached hydrogens (tertiary/aromatic N) is 3. The third-order valence-corrected chi connectivity index (χ3v) is 5.67. The number of anilines is 1. The minimum Gasteiger partial charge on any atom is -0.496 e. The number of ether oxygens (including phenoxy) is 1. The maximum absolute atomic E-state index is 12.6. The highest BCUT2D eigenvalue weighted by atomic mass is 35.5. The standard InChI is InChI=1S/C18H17ClN6O4S/c1-29-12-5-2-8(19)6-10(12)15-21-17(24-23-15)30-7-11(26)13-14(20)25(9-3-4-9)18(28)22-16(13)27/h2,5-6,9H,3-4,7,20H2,1H3,(H,21,23,24)(H,22,27,28). The van der Waals surface area contributed by atoms with E-state index in [-0.39, 0.29) is 23.2 Å². The van der Waals surface area contributed by atoms with Gasteiger partial charge in [0.15, 0.2) is 11.6 Å². The molecule has 4 N–H and O–H groups in total. The number of nitrogens with one attached hydrogen (secondary N) is 2. The lowest BCUT2D eigenvalue weighted by Crippen LogP contribution is -2.36. The average Bonchev–Trinajstić information content (AvgIpc) is 3.41. The molecule has 30 heavy (non-hydrogen) atoms. The Morgan fingerprint density at radius 2 is 2.17 bits per heavy atom. The predicted octanol–water partition coefficient (Wildman–Crippen LogP) is 1.88. The van der Waals surface area contributed by atoms with Crippen molar-refractivity contribution in [2.75, 3.05) is 18.6 Å². The van der Waals surface area contributed by atoms with Crippen LogP contribution in [0.5, 0.6) is 5.75 Å². The van der Waals surface area contributed by atoms with Crippen LogP contribution in [0.1, 0.15) is 29.2 Å². The Hall–Kier alpha value is -3.05. The summed E-state index contributed by atoms with van der Waals surface area (Å²) < 4.78 is 6.58. The van der Waals surface area contributed by atoms with Crippen molar-refractivity contribution < 1.29 is 9.53 Å². The SMILES string of the molecule is COc1ccc(Cl)cc1-c1nc(SCC(=O)c2c(N)n(C3CC3)c(=O)[nH]c2=O)n[nH]1. The first-order valence-corrected chi connectivity index (χ1v) is 10.3. The molecular weight excluding hydrogens is 432 g/mol. The van der Waals surface area contributed by atoms with Crippen molar-refractivity contribution in [3.05, 3.63) is 49.6 Å². The summed E-state index contributed by atoms with van der Waals surface area (Å²) in [7, 11) is 1.53. The van der Waals surface area contributed by atoms with E-state index in [0.29, 0.717) is 27.3 Å². The number of halogens is 1. The van der Waals surface area contributed by atoms with Gasteiger partial charge in [0.2, 0.25) is 5.16 Å². The first kappa shape index (κ1) is 20.2. The van der Waals surface area contributed by atoms with E-state index in [1.54, 1.807) is 18.2 Å². The molecule has 1 aliphatic carbocycles. The fraction of sp³-hybridized carbons (Fsp3) is 0.278. The quantitative estimate of drug-likeness (QED) is 0.366. The monoisotopic (exact) mass is 448 g/mol. The molecule has 10 nitrogen and oxygen atoms in total. The summed E-state index contributed by atoms with van der Waals surface area (Å²) in [5.74, 6) is 0.241. The van der Waals surface area contributed by atoms with Crippen molar-refractivity contribution in [3.63, 3.8) is 0 Å². The average molecular weight is 449 g/mol. The molecule has 0 radical (unpaired) electrons. The van der Waals surface area contributed by atoms with E-state index in [1.807, 2.05) is 0 Å². The Bertz CT molecular complexity index is 1250. The molecule has 2 aromatic heterocycles. The van der Waals surface area contributed by atoms with Crippen LogP contribution in [0.2, 0.25) is 5.02 Å². The summed E-state index contributed by atoms with van der Waals surface area (Å²) in [6, 6.07) is 5.01. The number of methoxy groups -OCH3 is 1. The number of thioether (sulfide) groups is 1. The van der Waals surface area contributed by atoms with Crippen LogP contribution in [0.3, 0.4) is 0 Å². The van der Waals surface area contributed by atoms with Crippen molar-refractivity contribution in [2.45, 2.75) is 24.0 Å². The minimum atomic E-state index is -0.792. The number of aromatic amines is 2. The van der Waals surface area contributed by atoms with Crippen molar-refractivity contribution in [1.82, 2.24) is 24.7 Å². The third kappa shape index (κ3) is 3.85. The number of carbonyl (C=O) groups is 1. The van der Waals surface area contributed by atoms with Gasteiger partial charge < -0.3 is 10.5 Å². The second-order valence-electron chi connectivity index (χ2n) is 6.64. The summed E-state index contributed by atoms with van der Waals surface area (Å²) in [6.45, 7) is 0. The lowest BCUT2D eigenvalue weighted by atomic mass is 10.2. The van der Waals surface area contributed by atoms with E-state index >= 15 is 0 Å². The number of Topliss-reactive ketones (excluding diaryl/α,β-unsaturated/α-hetero) is 1. The summed E-state index contributed by atoms with van der Waals surface area (Å²) in [5, 5.41) is 7.67. The molecule has 0 aliphatic heterocycles. The zero-order chi connectivity index (χ0) is 21.4. The van der Waals surface area contributed by atoms with Crippen LogP contribution in [0.4, 0.5) is 5.82 Å². The molecule has 0 amide bonds. The largest absolute Gasteiger partial charge is 0.496 e. The molecule has 0 unspecified atom stereocenters. The summed E-state index contributed by atoms with van der Waals surface area (Å²) in [6.07, 6.45) is 1.57. The molecule has 156 valence electrons. The Morgan fingerprint density at radius 1 is 1.40 bits per heavy atom. The molecular formula is C18H17ClN6O4S. The third-order valence-electron chi connectivity index (χ3n) is 4.59. The van der Waals surface area contributed by atoms with Crippen LogP contribution in [0.15, 0.2) is 32.9 Å². The van der Waals surface area contributed by atoms with Gasteiger partial charge in [0, 0.05) is 11.1 Å². The number of nitrogen functional groups attached to an aromatic ring is 1. The van der Waals surface area contributed by atoms with E-state index in [2.05, 4.69) is 20.2 Å². The molecule has 12 heteroatoms. The number of rotatable bonds is 7. The van der Waals surface area contributed by atoms with Gasteiger partial charge in [-0.3, -0.25) is 24.2 Å². The molecule has 4 rings (SSSR count). The van der Waals surface area contributed by atoms with Gasteiger partial charge in [0.05, 0.1) is 18.4 Å². The number of nitrogens with two attached hydrogens (primary N) is 1. The number of aromatic nitrogens is 5. The van der Waals surface area contributed by atoms with E-state index in [1.165, 1.54) is 11.7 Å². The summed E-state index contributed by atoms with van der Waals surface area (Å²) in [4.78, 5) is 43.3. The van der Waals surface area contributed by atoms with Crippen LogP contribution in [0, 0.1) is 0 Å². The molecule has 1 saturated carbocycles. The number of benzene rings is 1. The number of carbonyl (C=O) groups excluding carboxylic acids is 1. The van der Waals surface area contributed by atoms with Crippen LogP contribution in [-0.4, -0.2) is 43.4 Å². The van der Waals surface area contributed by atoms with Crippen molar-refractivity contribution in [1.29, 1.82) is 0 Å². The highest BCUT2D eigenvalue weighted by Crippen LogP contribution is 2.35. The van der Waals surface area contributed by atoms with Crippen LogP contribution < -0.4 is 21.7 Å². The van der Waals surface area contributed by atoms with Crippen molar-refractivity contribution in [2.24, 2.45) is 0 Å². The molecule has 2 heterocycles. The summed E-state index contributed by atoms with van der Waals surface area (Å²) >= 11 is 7.08. The molecule has 0 saturated heterocycles. The number of hydrogen-bond donors (Lipinski definition) is 3. The summed E-state index contributed by atoms with van der Waals surface area (Å²) in [5.41, 5.74) is 4.98. The van der Waals surface area contributed by atoms with E-state index in [4.69, 9.17) is 22.1 Å². The van der Waals surface area contributed by atoms with Gasteiger partial charge in [0.1, 0.15) is 17.1 Å². The second-order valence-corrected chi connectivity index (χ2v) is 8.02. The molecule has 0 bridgehead atoms. The highest BCUT2D eigenvalue weighted by Gasteiger charge is 2.30. The highest BCUT2D eigenvalue weighted by molar-refractivity contribution is 7.99. The van der Waals surface area contributed by atoms with Gasteiger partial charge in [0.25, 0.3) is 5.56 Å². The first-order valence-electron chi connectivity index (χ1n) is 8.95. The van der Waals surface area contributed by atoms with Crippen molar-refractivity contribution >= 4 is 35.0 Å². The maximum Gasteiger partial charge on any atom is 0.330 e.